The SMILES string of the molecule is Nc1cc(N2CCN(c3ccccn3)CC2)nc(N2CCOCC2)n1. The summed E-state index contributed by atoms with van der Waals surface area (Å²) < 4.78 is 5.40. The molecular formula is C17H23N7O. The standard InChI is InChI=1S/C17H23N7O/c18-14-13-16(21-17(20-14)24-9-11-25-12-10-24)23-7-5-22(6-8-23)15-3-1-2-4-19-15/h1-4,13H,5-12H2,(H2,18,20,21). The van der Waals surface area contributed by atoms with Crippen LogP contribution in [0.4, 0.5) is 23.4 Å². The van der Waals surface area contributed by atoms with Crippen molar-refractivity contribution in [3.8, 4) is 0 Å². The molecule has 0 spiro atoms. The van der Waals surface area contributed by atoms with Gasteiger partial charge in [0.1, 0.15) is 17.5 Å². The lowest BCUT2D eigenvalue weighted by Crippen LogP contribution is -2.47. The van der Waals surface area contributed by atoms with Gasteiger partial charge in [0.25, 0.3) is 0 Å². The summed E-state index contributed by atoms with van der Waals surface area (Å²) >= 11 is 0. The van der Waals surface area contributed by atoms with E-state index in [2.05, 4.69) is 30.7 Å². The van der Waals surface area contributed by atoms with Gasteiger partial charge in [-0.25, -0.2) is 4.98 Å². The summed E-state index contributed by atoms with van der Waals surface area (Å²) in [6.07, 6.45) is 1.83. The number of anilines is 4. The fourth-order valence-electron chi connectivity index (χ4n) is 3.21. The van der Waals surface area contributed by atoms with Gasteiger partial charge in [-0.15, -0.1) is 0 Å². The van der Waals surface area contributed by atoms with Crippen molar-refractivity contribution < 1.29 is 4.74 Å². The van der Waals surface area contributed by atoms with E-state index in [9.17, 15) is 0 Å². The van der Waals surface area contributed by atoms with E-state index in [0.29, 0.717) is 25.0 Å². The second kappa shape index (κ2) is 7.10. The van der Waals surface area contributed by atoms with Gasteiger partial charge in [0.05, 0.1) is 13.2 Å². The second-order valence-corrected chi connectivity index (χ2v) is 6.21. The highest BCUT2D eigenvalue weighted by Crippen LogP contribution is 2.22. The van der Waals surface area contributed by atoms with Gasteiger partial charge >= 0.3 is 0 Å². The number of aromatic nitrogens is 3. The van der Waals surface area contributed by atoms with E-state index in [1.54, 1.807) is 0 Å². The maximum absolute atomic E-state index is 6.04. The summed E-state index contributed by atoms with van der Waals surface area (Å²) in [5.74, 6) is 3.14. The van der Waals surface area contributed by atoms with Crippen molar-refractivity contribution >= 4 is 23.4 Å². The smallest absolute Gasteiger partial charge is 0.229 e. The zero-order valence-electron chi connectivity index (χ0n) is 14.2. The molecule has 2 aromatic rings. The topological polar surface area (TPSA) is 83.6 Å². The van der Waals surface area contributed by atoms with Gasteiger partial charge in [-0.2, -0.15) is 9.97 Å². The first-order chi connectivity index (χ1) is 12.3. The zero-order chi connectivity index (χ0) is 17.1. The van der Waals surface area contributed by atoms with Crippen LogP contribution in [0.25, 0.3) is 0 Å². The van der Waals surface area contributed by atoms with Crippen LogP contribution in [0.1, 0.15) is 0 Å². The van der Waals surface area contributed by atoms with Crippen LogP contribution in [0.2, 0.25) is 0 Å². The maximum Gasteiger partial charge on any atom is 0.229 e. The zero-order valence-corrected chi connectivity index (χ0v) is 14.2. The first kappa shape index (κ1) is 15.9. The number of hydrogen-bond acceptors (Lipinski definition) is 8. The highest BCUT2D eigenvalue weighted by molar-refractivity contribution is 5.53. The fraction of sp³-hybridized carbons (Fsp3) is 0.471. The summed E-state index contributed by atoms with van der Waals surface area (Å²) in [4.78, 5) is 20.3. The molecule has 2 aliphatic heterocycles. The Bertz CT molecular complexity index is 697. The van der Waals surface area contributed by atoms with Crippen molar-refractivity contribution in [2.24, 2.45) is 0 Å². The quantitative estimate of drug-likeness (QED) is 0.870. The number of nitrogen functional groups attached to an aromatic ring is 1. The van der Waals surface area contributed by atoms with Crippen molar-refractivity contribution in [2.75, 3.05) is 72.9 Å². The van der Waals surface area contributed by atoms with Crippen molar-refractivity contribution in [1.29, 1.82) is 0 Å². The summed E-state index contributed by atoms with van der Waals surface area (Å²) in [6.45, 7) is 6.60. The molecule has 0 unspecified atom stereocenters. The Labute approximate surface area is 147 Å². The molecular weight excluding hydrogens is 318 g/mol. The number of rotatable bonds is 3. The average molecular weight is 341 g/mol. The third-order valence-electron chi connectivity index (χ3n) is 4.59. The molecule has 0 atom stereocenters. The van der Waals surface area contributed by atoms with Crippen LogP contribution in [0, 0.1) is 0 Å². The lowest BCUT2D eigenvalue weighted by molar-refractivity contribution is 0.122. The van der Waals surface area contributed by atoms with Gasteiger partial charge in [-0.1, -0.05) is 6.07 Å². The van der Waals surface area contributed by atoms with Crippen LogP contribution in [-0.4, -0.2) is 67.4 Å². The molecule has 0 bridgehead atoms. The number of piperazine rings is 1. The first-order valence-electron chi connectivity index (χ1n) is 8.68. The molecule has 0 saturated carbocycles. The minimum absolute atomic E-state index is 0.513. The lowest BCUT2D eigenvalue weighted by atomic mass is 10.3. The van der Waals surface area contributed by atoms with Crippen molar-refractivity contribution in [3.05, 3.63) is 30.5 Å². The molecule has 2 aromatic heterocycles. The predicted octanol–water partition coefficient (Wildman–Crippen LogP) is 0.617. The van der Waals surface area contributed by atoms with E-state index < -0.39 is 0 Å². The first-order valence-corrected chi connectivity index (χ1v) is 8.68. The molecule has 25 heavy (non-hydrogen) atoms. The van der Waals surface area contributed by atoms with Crippen LogP contribution < -0.4 is 20.4 Å². The summed E-state index contributed by atoms with van der Waals surface area (Å²) in [7, 11) is 0. The van der Waals surface area contributed by atoms with Gasteiger partial charge in [-0.05, 0) is 12.1 Å². The second-order valence-electron chi connectivity index (χ2n) is 6.21. The van der Waals surface area contributed by atoms with E-state index in [0.717, 1.165) is 50.9 Å². The summed E-state index contributed by atoms with van der Waals surface area (Å²) in [5.41, 5.74) is 6.04. The molecule has 2 saturated heterocycles. The maximum atomic E-state index is 6.04. The van der Waals surface area contributed by atoms with E-state index >= 15 is 0 Å². The van der Waals surface area contributed by atoms with Crippen LogP contribution >= 0.6 is 0 Å². The van der Waals surface area contributed by atoms with E-state index in [-0.39, 0.29) is 0 Å². The number of nitrogens with zero attached hydrogens (tertiary/aromatic N) is 6. The predicted molar refractivity (Wildman–Crippen MR) is 98.1 cm³/mol. The Hall–Kier alpha value is -2.61. The molecule has 2 fully saturated rings. The van der Waals surface area contributed by atoms with Crippen LogP contribution in [0.15, 0.2) is 30.5 Å². The molecule has 0 radical (unpaired) electrons. The Kier molecular flexibility index (Phi) is 4.51. The molecule has 0 amide bonds. The third-order valence-corrected chi connectivity index (χ3v) is 4.59. The monoisotopic (exact) mass is 341 g/mol. The number of ether oxygens (including phenoxy) is 1. The van der Waals surface area contributed by atoms with Gasteiger partial charge < -0.3 is 25.2 Å². The van der Waals surface area contributed by atoms with Gasteiger partial charge in [-0.3, -0.25) is 0 Å². The largest absolute Gasteiger partial charge is 0.383 e. The van der Waals surface area contributed by atoms with Crippen LogP contribution in [-0.2, 0) is 4.74 Å². The van der Waals surface area contributed by atoms with E-state index in [4.69, 9.17) is 15.5 Å². The number of nitrogens with two attached hydrogens (primary N) is 1. The van der Waals surface area contributed by atoms with Gasteiger partial charge in [0.2, 0.25) is 5.95 Å². The fourth-order valence-corrected chi connectivity index (χ4v) is 3.21. The third kappa shape index (κ3) is 3.58. The minimum atomic E-state index is 0.513. The van der Waals surface area contributed by atoms with Crippen LogP contribution in [0.5, 0.6) is 0 Å². The molecule has 2 aliphatic rings. The average Bonchev–Trinajstić information content (AvgIpc) is 2.69. The van der Waals surface area contributed by atoms with Crippen molar-refractivity contribution in [3.63, 3.8) is 0 Å². The molecule has 8 heteroatoms. The molecule has 0 aliphatic carbocycles. The number of hydrogen-bond donors (Lipinski definition) is 1. The lowest BCUT2D eigenvalue weighted by Gasteiger charge is -2.36. The van der Waals surface area contributed by atoms with Crippen molar-refractivity contribution in [1.82, 2.24) is 15.0 Å². The molecule has 0 aromatic carbocycles. The molecule has 2 N–H and O–H groups in total. The van der Waals surface area contributed by atoms with Crippen molar-refractivity contribution in [2.45, 2.75) is 0 Å². The molecule has 132 valence electrons. The Morgan fingerprint density at radius 3 is 2.24 bits per heavy atom. The normalized spacial score (nSPS) is 18.5. The molecule has 4 heterocycles. The van der Waals surface area contributed by atoms with Gasteiger partial charge in [0.15, 0.2) is 0 Å². The van der Waals surface area contributed by atoms with E-state index in [1.807, 2.05) is 24.4 Å². The Morgan fingerprint density at radius 1 is 0.840 bits per heavy atom. The minimum Gasteiger partial charge on any atom is -0.383 e. The Morgan fingerprint density at radius 2 is 1.56 bits per heavy atom. The summed E-state index contributed by atoms with van der Waals surface area (Å²) in [6, 6.07) is 7.88. The number of pyridine rings is 1. The van der Waals surface area contributed by atoms with Gasteiger partial charge in [0, 0.05) is 51.5 Å². The van der Waals surface area contributed by atoms with Crippen LogP contribution in [0.3, 0.4) is 0 Å². The van der Waals surface area contributed by atoms with E-state index in [1.165, 1.54) is 0 Å². The highest BCUT2D eigenvalue weighted by Gasteiger charge is 2.21. The Balaban J connectivity index is 1.46. The summed E-state index contributed by atoms with van der Waals surface area (Å²) in [5, 5.41) is 0. The number of morpholine rings is 1. The molecule has 4 rings (SSSR count). The molecule has 8 nitrogen and oxygen atoms in total. The highest BCUT2D eigenvalue weighted by atomic mass is 16.5.